The molecule has 1 heterocycles. The smallest absolute Gasteiger partial charge is 0.309 e. The van der Waals surface area contributed by atoms with Crippen molar-refractivity contribution >= 4 is 29.3 Å². The summed E-state index contributed by atoms with van der Waals surface area (Å²) in [5.41, 5.74) is 3.50. The predicted molar refractivity (Wildman–Crippen MR) is 228 cm³/mol. The van der Waals surface area contributed by atoms with Crippen molar-refractivity contribution in [3.8, 4) is 0 Å². The number of allylic oxidation sites excluding steroid dienone is 2. The number of aliphatic carboxylic acids is 1. The first-order chi connectivity index (χ1) is 27.7. The summed E-state index contributed by atoms with van der Waals surface area (Å²) >= 11 is 0. The number of benzene rings is 1. The molecule has 9 nitrogen and oxygen atoms in total. The summed E-state index contributed by atoms with van der Waals surface area (Å²) in [5.74, 6) is -0.372. The van der Waals surface area contributed by atoms with Gasteiger partial charge >= 0.3 is 11.9 Å². The van der Waals surface area contributed by atoms with Crippen LogP contribution in [0.2, 0.25) is 0 Å². The molecule has 10 atom stereocenters. The SMILES string of the molecule is CC(C)C1=C2[C@H]3CC[C@@H]4[C@@]5(C)CC[C@H](OC(=O)[C@H]6C[C@@H](C(=O)O)C6(C)C)C(C)(C)[C@@H]5CC[C@@]4(C)[C@]3(C)CC[C@@]2(CC(=O)NCc2ccc(N3CCOCC3)cc2)CC1=O. The second kappa shape index (κ2) is 14.7. The fourth-order valence-corrected chi connectivity index (χ4v) is 15.3. The van der Waals surface area contributed by atoms with Crippen LogP contribution in [0.15, 0.2) is 35.4 Å². The van der Waals surface area contributed by atoms with Crippen molar-refractivity contribution in [3.63, 3.8) is 0 Å². The number of carbonyl (C=O) groups excluding carboxylic acids is 3. The summed E-state index contributed by atoms with van der Waals surface area (Å²) in [4.78, 5) is 56.0. The third kappa shape index (κ3) is 6.54. The number of amides is 1. The van der Waals surface area contributed by atoms with Gasteiger partial charge in [-0.15, -0.1) is 0 Å². The maximum atomic E-state index is 14.2. The Hall–Kier alpha value is -3.20. The monoisotopic (exact) mass is 813 g/mol. The molecule has 8 rings (SSSR count). The number of nitrogens with zero attached hydrogens (tertiary/aromatic N) is 1. The molecule has 5 saturated carbocycles. The number of Topliss-reactive ketones (excluding diaryl/α,β-unsaturated/α-hetero) is 1. The number of fused-ring (bicyclic) bond motifs is 7. The molecule has 1 aromatic carbocycles. The minimum atomic E-state index is -0.829. The van der Waals surface area contributed by atoms with Gasteiger partial charge in [-0.2, -0.15) is 0 Å². The Kier molecular flexibility index (Phi) is 10.6. The van der Waals surface area contributed by atoms with Gasteiger partial charge in [-0.05, 0) is 126 Å². The van der Waals surface area contributed by atoms with E-state index in [2.05, 4.69) is 82.9 Å². The van der Waals surface area contributed by atoms with Crippen LogP contribution in [0.4, 0.5) is 5.69 Å². The van der Waals surface area contributed by atoms with E-state index >= 15 is 0 Å². The lowest BCUT2D eigenvalue weighted by molar-refractivity contribution is -0.236. The average molecular weight is 813 g/mol. The van der Waals surface area contributed by atoms with Crippen molar-refractivity contribution in [1.82, 2.24) is 5.32 Å². The van der Waals surface area contributed by atoms with Crippen LogP contribution in [-0.2, 0) is 35.2 Å². The van der Waals surface area contributed by atoms with Gasteiger partial charge in [-0.3, -0.25) is 19.2 Å². The fraction of sp³-hybridized carbons (Fsp3) is 0.760. The van der Waals surface area contributed by atoms with Gasteiger partial charge in [0.2, 0.25) is 5.91 Å². The minimum absolute atomic E-state index is 0.00383. The zero-order valence-electron chi connectivity index (χ0n) is 37.5. The molecule has 1 amide bonds. The molecular formula is C50H72N2O7. The third-order valence-electron chi connectivity index (χ3n) is 18.9. The van der Waals surface area contributed by atoms with Gasteiger partial charge in [0.05, 0.1) is 25.0 Å². The van der Waals surface area contributed by atoms with E-state index < -0.39 is 22.7 Å². The topological polar surface area (TPSA) is 122 Å². The molecule has 0 unspecified atom stereocenters. The molecule has 0 aromatic heterocycles. The lowest BCUT2D eigenvalue weighted by atomic mass is 9.33. The van der Waals surface area contributed by atoms with E-state index in [0.29, 0.717) is 37.6 Å². The zero-order valence-corrected chi connectivity index (χ0v) is 37.5. The molecule has 0 radical (unpaired) electrons. The number of carbonyl (C=O) groups is 4. The number of hydrogen-bond acceptors (Lipinski definition) is 7. The molecule has 59 heavy (non-hydrogen) atoms. The summed E-state index contributed by atoms with van der Waals surface area (Å²) in [6, 6.07) is 8.50. The summed E-state index contributed by atoms with van der Waals surface area (Å²) < 4.78 is 11.9. The van der Waals surface area contributed by atoms with Gasteiger partial charge in [-0.1, -0.05) is 80.0 Å². The van der Waals surface area contributed by atoms with E-state index in [4.69, 9.17) is 9.47 Å². The molecule has 6 fully saturated rings. The number of morpholine rings is 1. The molecule has 9 heteroatoms. The summed E-state index contributed by atoms with van der Waals surface area (Å²) in [5, 5.41) is 12.9. The van der Waals surface area contributed by atoms with Gasteiger partial charge in [0.15, 0.2) is 5.78 Å². The highest BCUT2D eigenvalue weighted by molar-refractivity contribution is 6.01. The molecule has 7 aliphatic rings. The average Bonchev–Trinajstić information content (AvgIpc) is 3.47. The van der Waals surface area contributed by atoms with E-state index in [1.54, 1.807) is 0 Å². The van der Waals surface area contributed by atoms with E-state index in [-0.39, 0.29) is 63.2 Å². The predicted octanol–water partition coefficient (Wildman–Crippen LogP) is 9.17. The van der Waals surface area contributed by atoms with E-state index in [1.807, 2.05) is 13.8 Å². The molecule has 1 saturated heterocycles. The maximum Gasteiger partial charge on any atom is 0.309 e. The van der Waals surface area contributed by atoms with Gasteiger partial charge < -0.3 is 24.8 Å². The summed E-state index contributed by atoms with van der Waals surface area (Å²) in [6.45, 7) is 24.2. The molecule has 1 aliphatic heterocycles. The number of anilines is 1. The Labute approximate surface area is 353 Å². The van der Waals surface area contributed by atoms with Crippen molar-refractivity contribution in [2.45, 2.75) is 146 Å². The van der Waals surface area contributed by atoms with Gasteiger partial charge in [-0.25, -0.2) is 0 Å². The van der Waals surface area contributed by atoms with Crippen molar-refractivity contribution in [1.29, 1.82) is 0 Å². The second-order valence-corrected chi connectivity index (χ2v) is 22.5. The lowest BCUT2D eigenvalue weighted by Crippen LogP contribution is -2.66. The molecule has 0 bridgehead atoms. The molecule has 324 valence electrons. The normalized spacial score (nSPS) is 39.6. The highest BCUT2D eigenvalue weighted by Crippen LogP contribution is 2.77. The van der Waals surface area contributed by atoms with Gasteiger partial charge in [0.1, 0.15) is 6.10 Å². The highest BCUT2D eigenvalue weighted by Gasteiger charge is 2.70. The number of ketones is 1. The van der Waals surface area contributed by atoms with Gasteiger partial charge in [0, 0.05) is 49.0 Å². The van der Waals surface area contributed by atoms with Crippen molar-refractivity contribution in [3.05, 3.63) is 41.0 Å². The van der Waals surface area contributed by atoms with Crippen LogP contribution in [0.5, 0.6) is 0 Å². The number of carboxylic acid groups (broad SMARTS) is 1. The van der Waals surface area contributed by atoms with Crippen LogP contribution in [0.25, 0.3) is 0 Å². The fourth-order valence-electron chi connectivity index (χ4n) is 15.3. The Morgan fingerprint density at radius 2 is 1.54 bits per heavy atom. The van der Waals surface area contributed by atoms with Crippen LogP contribution in [-0.4, -0.2) is 61.1 Å². The Morgan fingerprint density at radius 1 is 0.847 bits per heavy atom. The first-order valence-electron chi connectivity index (χ1n) is 23.1. The molecule has 6 aliphatic carbocycles. The number of nitrogens with one attached hydrogen (secondary N) is 1. The van der Waals surface area contributed by atoms with Crippen molar-refractivity contribution in [2.75, 3.05) is 31.2 Å². The van der Waals surface area contributed by atoms with Crippen LogP contribution < -0.4 is 10.2 Å². The number of hydrogen-bond donors (Lipinski definition) is 2. The Bertz CT molecular complexity index is 1890. The van der Waals surface area contributed by atoms with Crippen LogP contribution in [0.3, 0.4) is 0 Å². The second-order valence-electron chi connectivity index (χ2n) is 22.5. The van der Waals surface area contributed by atoms with Crippen LogP contribution in [0.1, 0.15) is 139 Å². The van der Waals surface area contributed by atoms with Crippen LogP contribution in [0, 0.1) is 68.0 Å². The lowest BCUT2D eigenvalue weighted by Gasteiger charge is -2.72. The minimum Gasteiger partial charge on any atom is -0.481 e. The van der Waals surface area contributed by atoms with E-state index in [9.17, 15) is 24.3 Å². The zero-order chi connectivity index (χ0) is 42.5. The molecule has 2 N–H and O–H groups in total. The molecule has 1 aromatic rings. The quantitative estimate of drug-likeness (QED) is 0.237. The van der Waals surface area contributed by atoms with Crippen LogP contribution >= 0.6 is 0 Å². The van der Waals surface area contributed by atoms with E-state index in [0.717, 1.165) is 88.8 Å². The summed E-state index contributed by atoms with van der Waals surface area (Å²) in [6.07, 6.45) is 8.99. The van der Waals surface area contributed by atoms with Crippen molar-refractivity contribution in [2.24, 2.45) is 68.0 Å². The molecule has 0 spiro atoms. The highest BCUT2D eigenvalue weighted by atomic mass is 16.5. The first kappa shape index (κ1) is 42.5. The Balaban J connectivity index is 0.991. The Morgan fingerprint density at radius 3 is 2.19 bits per heavy atom. The summed E-state index contributed by atoms with van der Waals surface area (Å²) in [7, 11) is 0. The maximum absolute atomic E-state index is 14.2. The van der Waals surface area contributed by atoms with Gasteiger partial charge in [0.25, 0.3) is 0 Å². The van der Waals surface area contributed by atoms with E-state index in [1.165, 1.54) is 11.3 Å². The number of carboxylic acids is 1. The number of esters is 1. The third-order valence-corrected chi connectivity index (χ3v) is 18.9. The number of rotatable bonds is 9. The first-order valence-corrected chi connectivity index (χ1v) is 23.1. The standard InChI is InChI=1S/C50H72N2O7/c1-30(2)41-36(53)27-50(28-40(54)51-29-31-10-12-32(13-11-31)52-22-24-58-25-23-52)21-20-48(8)33(42(41)50)14-15-38-47(7)18-17-39(46(5,6)37(47)16-19-49(38,48)9)59-44(57)35-26-34(43(55)56)45(35,3)4/h10-13,30,33-35,37-39H,14-29H2,1-9H3,(H,51,54)(H,55,56)/t33-,34+,35-,37+,38-,39+,47+,48-,49-,50+/m1/s1. The van der Waals surface area contributed by atoms with Crippen molar-refractivity contribution < 1.29 is 33.8 Å². The largest absolute Gasteiger partial charge is 0.481 e. The molecular weight excluding hydrogens is 741 g/mol. The number of ether oxygens (including phenoxy) is 2.